The first-order valence-corrected chi connectivity index (χ1v) is 7.72. The third-order valence-corrected chi connectivity index (χ3v) is 3.59. The molecule has 0 N–H and O–H groups in total. The fraction of sp³-hybridized carbons (Fsp3) is 0.312. The lowest BCUT2D eigenvalue weighted by atomic mass is 10.2. The molecule has 0 unspecified atom stereocenters. The van der Waals surface area contributed by atoms with E-state index in [-0.39, 0.29) is 5.60 Å². The number of nitrogens with zero attached hydrogens (tertiary/aromatic N) is 3. The number of rotatable bonds is 3. The quantitative estimate of drug-likeness (QED) is 0.737. The Morgan fingerprint density at radius 1 is 1.10 bits per heavy atom. The largest absolute Gasteiger partial charge is 0.471 e. The molecule has 0 fully saturated rings. The van der Waals surface area contributed by atoms with E-state index in [0.717, 1.165) is 21.7 Å². The van der Waals surface area contributed by atoms with Gasteiger partial charge in [0.15, 0.2) is 0 Å². The Labute approximate surface area is 127 Å². The van der Waals surface area contributed by atoms with Gasteiger partial charge in [0.25, 0.3) is 0 Å². The maximum atomic E-state index is 5.99. The van der Waals surface area contributed by atoms with Crippen LogP contribution in [0.5, 0.6) is 5.88 Å². The highest BCUT2D eigenvalue weighted by Crippen LogP contribution is 2.25. The molecule has 2 heterocycles. The van der Waals surface area contributed by atoms with Crippen LogP contribution in [0.2, 0.25) is 0 Å². The Bertz CT molecular complexity index is 748. The second-order valence-electron chi connectivity index (χ2n) is 5.78. The lowest BCUT2D eigenvalue weighted by Gasteiger charge is -2.22. The second-order valence-corrected chi connectivity index (χ2v) is 6.76. The van der Waals surface area contributed by atoms with Gasteiger partial charge in [0.2, 0.25) is 5.88 Å². The number of benzene rings is 1. The first-order chi connectivity index (χ1) is 10.0. The third-order valence-electron chi connectivity index (χ3n) is 2.81. The summed E-state index contributed by atoms with van der Waals surface area (Å²) >= 11 is 1.62. The average molecular weight is 299 g/mol. The number of para-hydroxylation sites is 2. The minimum atomic E-state index is -0.311. The van der Waals surface area contributed by atoms with Crippen LogP contribution < -0.4 is 4.74 Å². The molecule has 1 aromatic carbocycles. The van der Waals surface area contributed by atoms with Crippen molar-refractivity contribution >= 4 is 22.4 Å². The van der Waals surface area contributed by atoms with Crippen LogP contribution in [-0.4, -0.2) is 20.6 Å². The summed E-state index contributed by atoms with van der Waals surface area (Å²) in [5, 5.41) is 2.98. The molecule has 5 heteroatoms. The Balaban J connectivity index is 2.07. The Kier molecular flexibility index (Phi) is 3.59. The number of fused-ring (bicyclic) bond motifs is 1. The van der Waals surface area contributed by atoms with Gasteiger partial charge >= 0.3 is 0 Å². The molecule has 108 valence electrons. The summed E-state index contributed by atoms with van der Waals surface area (Å²) in [6.45, 7) is 6.03. The molecule has 0 spiro atoms. The summed E-state index contributed by atoms with van der Waals surface area (Å²) in [5.74, 6) is 0.594. The van der Waals surface area contributed by atoms with Gasteiger partial charge in [-0.1, -0.05) is 12.1 Å². The monoisotopic (exact) mass is 299 g/mol. The Hall–Kier alpha value is -2.01. The second kappa shape index (κ2) is 5.41. The van der Waals surface area contributed by atoms with Crippen LogP contribution in [0.15, 0.2) is 35.8 Å². The smallest absolute Gasteiger partial charge is 0.237 e. The van der Waals surface area contributed by atoms with Crippen molar-refractivity contribution in [3.63, 3.8) is 0 Å². The van der Waals surface area contributed by atoms with E-state index in [0.29, 0.717) is 12.3 Å². The average Bonchev–Trinajstić information content (AvgIpc) is 2.90. The molecule has 0 amide bonds. The fourth-order valence-corrected chi connectivity index (χ4v) is 2.61. The number of aromatic nitrogens is 3. The van der Waals surface area contributed by atoms with E-state index in [2.05, 4.69) is 9.97 Å². The molecule has 0 aliphatic rings. The number of hydrogen-bond donors (Lipinski definition) is 0. The predicted octanol–water partition coefficient (Wildman–Crippen LogP) is 3.85. The van der Waals surface area contributed by atoms with E-state index in [9.17, 15) is 0 Å². The van der Waals surface area contributed by atoms with E-state index in [1.54, 1.807) is 17.5 Å². The van der Waals surface area contributed by atoms with Gasteiger partial charge in [0.1, 0.15) is 11.3 Å². The van der Waals surface area contributed by atoms with Crippen molar-refractivity contribution in [3.05, 3.63) is 46.5 Å². The van der Waals surface area contributed by atoms with Crippen LogP contribution in [0.3, 0.4) is 0 Å². The normalized spacial score (nSPS) is 11.8. The molecule has 21 heavy (non-hydrogen) atoms. The molecule has 0 aliphatic heterocycles. The molecule has 0 aliphatic carbocycles. The van der Waals surface area contributed by atoms with Crippen molar-refractivity contribution in [2.75, 3.05) is 0 Å². The van der Waals surface area contributed by atoms with Crippen molar-refractivity contribution in [2.24, 2.45) is 0 Å². The van der Waals surface area contributed by atoms with Gasteiger partial charge in [-0.25, -0.2) is 15.0 Å². The van der Waals surface area contributed by atoms with Crippen molar-refractivity contribution in [1.29, 1.82) is 0 Å². The summed E-state index contributed by atoms with van der Waals surface area (Å²) in [4.78, 5) is 13.7. The lowest BCUT2D eigenvalue weighted by molar-refractivity contribution is 0.122. The van der Waals surface area contributed by atoms with Gasteiger partial charge in [-0.05, 0) is 32.9 Å². The maximum Gasteiger partial charge on any atom is 0.237 e. The van der Waals surface area contributed by atoms with Crippen LogP contribution in [0.1, 0.15) is 31.5 Å². The molecule has 0 bridgehead atoms. The molecular formula is C16H17N3OS. The van der Waals surface area contributed by atoms with Crippen LogP contribution in [0.4, 0.5) is 0 Å². The third kappa shape index (κ3) is 3.36. The molecule has 0 saturated carbocycles. The zero-order valence-electron chi connectivity index (χ0n) is 12.3. The van der Waals surface area contributed by atoms with Crippen LogP contribution in [0.25, 0.3) is 11.0 Å². The van der Waals surface area contributed by atoms with Gasteiger partial charge < -0.3 is 4.74 Å². The Morgan fingerprint density at radius 2 is 1.81 bits per heavy atom. The summed E-state index contributed by atoms with van der Waals surface area (Å²) in [6.07, 6.45) is 2.44. The lowest BCUT2D eigenvalue weighted by Crippen LogP contribution is -2.24. The van der Waals surface area contributed by atoms with Crippen LogP contribution in [-0.2, 0) is 6.42 Å². The van der Waals surface area contributed by atoms with Crippen LogP contribution >= 0.6 is 11.3 Å². The highest BCUT2D eigenvalue weighted by atomic mass is 32.1. The predicted molar refractivity (Wildman–Crippen MR) is 84.8 cm³/mol. The minimum Gasteiger partial charge on any atom is -0.471 e. The fourth-order valence-electron chi connectivity index (χ4n) is 1.99. The molecule has 2 aromatic heterocycles. The van der Waals surface area contributed by atoms with Gasteiger partial charge in [-0.15, -0.1) is 11.3 Å². The van der Waals surface area contributed by atoms with E-state index >= 15 is 0 Å². The Morgan fingerprint density at radius 3 is 2.43 bits per heavy atom. The van der Waals surface area contributed by atoms with Crippen molar-refractivity contribution < 1.29 is 4.74 Å². The summed E-state index contributed by atoms with van der Waals surface area (Å²) in [7, 11) is 0. The highest BCUT2D eigenvalue weighted by Gasteiger charge is 2.18. The van der Waals surface area contributed by atoms with Gasteiger partial charge in [0, 0.05) is 18.0 Å². The highest BCUT2D eigenvalue weighted by molar-refractivity contribution is 7.09. The minimum absolute atomic E-state index is 0.311. The number of hydrogen-bond acceptors (Lipinski definition) is 5. The van der Waals surface area contributed by atoms with Crippen molar-refractivity contribution in [3.8, 4) is 5.88 Å². The summed E-state index contributed by atoms with van der Waals surface area (Å²) in [6, 6.07) is 7.84. The maximum absolute atomic E-state index is 5.99. The standard InChI is InChI=1S/C16H17N3OS/c1-16(2,3)20-15-13(10-14-17-8-9-21-14)18-11-6-4-5-7-12(11)19-15/h4-9H,10H2,1-3H3. The topological polar surface area (TPSA) is 47.9 Å². The van der Waals surface area contributed by atoms with Gasteiger partial charge in [0.05, 0.1) is 16.0 Å². The van der Waals surface area contributed by atoms with E-state index in [4.69, 9.17) is 9.72 Å². The molecule has 3 aromatic rings. The van der Waals surface area contributed by atoms with Gasteiger partial charge in [-0.2, -0.15) is 0 Å². The number of thiazole rings is 1. The first kappa shape index (κ1) is 13.9. The molecular weight excluding hydrogens is 282 g/mol. The van der Waals surface area contributed by atoms with Crippen LogP contribution in [0, 0.1) is 0 Å². The molecule has 3 rings (SSSR count). The van der Waals surface area contributed by atoms with Crippen molar-refractivity contribution in [1.82, 2.24) is 15.0 Å². The molecule has 4 nitrogen and oxygen atoms in total. The summed E-state index contributed by atoms with van der Waals surface area (Å²) in [5.41, 5.74) is 2.25. The van der Waals surface area contributed by atoms with E-state index < -0.39 is 0 Å². The first-order valence-electron chi connectivity index (χ1n) is 6.84. The number of ether oxygens (including phenoxy) is 1. The zero-order chi connectivity index (χ0) is 14.9. The van der Waals surface area contributed by atoms with Crippen molar-refractivity contribution in [2.45, 2.75) is 32.8 Å². The molecule has 0 atom stereocenters. The zero-order valence-corrected chi connectivity index (χ0v) is 13.1. The van der Waals surface area contributed by atoms with E-state index in [1.807, 2.05) is 50.4 Å². The molecule has 0 saturated heterocycles. The SMILES string of the molecule is CC(C)(C)Oc1nc2ccccc2nc1Cc1nccs1. The summed E-state index contributed by atoms with van der Waals surface area (Å²) < 4.78 is 5.99. The van der Waals surface area contributed by atoms with E-state index in [1.165, 1.54) is 0 Å². The van der Waals surface area contributed by atoms with Gasteiger partial charge in [-0.3, -0.25) is 0 Å². The molecule has 0 radical (unpaired) electrons.